The summed E-state index contributed by atoms with van der Waals surface area (Å²) in [5.74, 6) is 6.58. The number of nitrogens with zero attached hydrogens (tertiary/aromatic N) is 2. The van der Waals surface area contributed by atoms with Gasteiger partial charge in [-0.05, 0) is 74.1 Å². The summed E-state index contributed by atoms with van der Waals surface area (Å²) >= 11 is 1.92. The number of para-hydroxylation sites is 1. The Morgan fingerprint density at radius 1 is 1.07 bits per heavy atom. The lowest BCUT2D eigenvalue weighted by Gasteiger charge is -2.24. The zero-order valence-electron chi connectivity index (χ0n) is 17.9. The van der Waals surface area contributed by atoms with E-state index in [1.165, 1.54) is 50.1 Å². The van der Waals surface area contributed by atoms with Gasteiger partial charge in [-0.3, -0.25) is 5.84 Å². The second-order valence-electron chi connectivity index (χ2n) is 6.93. The molecule has 1 fully saturated rings. The Morgan fingerprint density at radius 2 is 1.72 bits per heavy atom. The average Bonchev–Trinajstić information content (AvgIpc) is 3.31. The Balaban J connectivity index is 0.00000145. The molecule has 3 rings (SSSR count). The Labute approximate surface area is 181 Å². The second-order valence-corrected chi connectivity index (χ2v) is 8.03. The molecule has 0 saturated carbocycles. The Bertz CT molecular complexity index is 697. The highest BCUT2D eigenvalue weighted by atomic mass is 32.2. The molecule has 1 saturated heterocycles. The Hall–Kier alpha value is -1.95. The van der Waals surface area contributed by atoms with E-state index in [9.17, 15) is 0 Å². The average molecular weight is 413 g/mol. The van der Waals surface area contributed by atoms with Gasteiger partial charge < -0.3 is 14.6 Å². The number of hydrogen-bond donors (Lipinski definition) is 2. The number of hydrazine groups is 1. The maximum Gasteiger partial charge on any atom is 0.0546 e. The number of likely N-dealkylation sites (tertiary alicyclic amines) is 1. The van der Waals surface area contributed by atoms with Crippen LogP contribution >= 0.6 is 11.9 Å². The molecule has 2 aromatic rings. The lowest BCUT2D eigenvalue weighted by atomic mass is 10.1. The summed E-state index contributed by atoms with van der Waals surface area (Å²) < 4.78 is 2.40. The van der Waals surface area contributed by atoms with E-state index in [1.54, 1.807) is 0 Å². The third kappa shape index (κ3) is 7.77. The van der Waals surface area contributed by atoms with Gasteiger partial charge in [0.1, 0.15) is 0 Å². The molecule has 2 aromatic carbocycles. The van der Waals surface area contributed by atoms with Gasteiger partial charge in [-0.25, -0.2) is 0 Å². The number of anilines is 1. The molecule has 0 aromatic heterocycles. The van der Waals surface area contributed by atoms with E-state index in [4.69, 9.17) is 5.84 Å². The van der Waals surface area contributed by atoms with Crippen molar-refractivity contribution in [1.29, 1.82) is 0 Å². The zero-order chi connectivity index (χ0) is 20.9. The van der Waals surface area contributed by atoms with E-state index >= 15 is 0 Å². The van der Waals surface area contributed by atoms with Gasteiger partial charge in [-0.15, -0.1) is 0 Å². The van der Waals surface area contributed by atoms with Gasteiger partial charge in [0.15, 0.2) is 0 Å². The van der Waals surface area contributed by atoms with Crippen LogP contribution < -0.4 is 15.6 Å². The van der Waals surface area contributed by atoms with Crippen molar-refractivity contribution < 1.29 is 0 Å². The zero-order valence-corrected chi connectivity index (χ0v) is 18.8. The molecule has 0 radical (unpaired) electrons. The maximum atomic E-state index is 5.45. The van der Waals surface area contributed by atoms with Crippen molar-refractivity contribution in [1.82, 2.24) is 10.3 Å². The first kappa shape index (κ1) is 23.3. The summed E-state index contributed by atoms with van der Waals surface area (Å²) in [5, 5.41) is 0. The minimum atomic E-state index is 0.734. The van der Waals surface area contributed by atoms with E-state index in [1.807, 2.05) is 25.8 Å². The van der Waals surface area contributed by atoms with Gasteiger partial charge in [0, 0.05) is 17.1 Å². The van der Waals surface area contributed by atoms with Crippen molar-refractivity contribution in [3.05, 3.63) is 72.3 Å². The number of nitrogens with one attached hydrogen (secondary N) is 1. The molecule has 4 nitrogen and oxygen atoms in total. The summed E-state index contributed by atoms with van der Waals surface area (Å²) in [5.41, 5.74) is 6.89. The lowest BCUT2D eigenvalue weighted by Crippen LogP contribution is -2.22. The highest BCUT2D eigenvalue weighted by molar-refractivity contribution is 8.00. The highest BCUT2D eigenvalue weighted by Gasteiger charge is 2.12. The maximum absolute atomic E-state index is 5.45. The number of nitrogens with two attached hydrogens (primary N) is 1. The SMILES string of the molecule is C=C(NN)c1ccc(CN(SCCCN2CCCC2)c2ccccc2)cc1.CC. The van der Waals surface area contributed by atoms with E-state index in [2.05, 4.69) is 75.8 Å². The van der Waals surface area contributed by atoms with Crippen LogP contribution in [0.2, 0.25) is 0 Å². The van der Waals surface area contributed by atoms with E-state index in [0.29, 0.717) is 0 Å². The van der Waals surface area contributed by atoms with Gasteiger partial charge in [-0.1, -0.05) is 62.9 Å². The van der Waals surface area contributed by atoms with Crippen LogP contribution in [0.15, 0.2) is 61.2 Å². The third-order valence-electron chi connectivity index (χ3n) is 4.91. The fraction of sp³-hybridized carbons (Fsp3) is 0.417. The van der Waals surface area contributed by atoms with Gasteiger partial charge in [0.25, 0.3) is 0 Å². The van der Waals surface area contributed by atoms with Crippen molar-refractivity contribution in [2.45, 2.75) is 39.7 Å². The largest absolute Gasteiger partial charge is 0.324 e. The molecule has 0 spiro atoms. The van der Waals surface area contributed by atoms with Crippen LogP contribution in [-0.4, -0.2) is 30.3 Å². The molecule has 1 aliphatic rings. The Morgan fingerprint density at radius 3 is 2.34 bits per heavy atom. The quantitative estimate of drug-likeness (QED) is 0.240. The fourth-order valence-corrected chi connectivity index (χ4v) is 4.33. The normalized spacial score (nSPS) is 13.5. The first-order valence-corrected chi connectivity index (χ1v) is 11.6. The molecule has 0 bridgehead atoms. The van der Waals surface area contributed by atoms with Crippen LogP contribution in [0.3, 0.4) is 0 Å². The molecule has 3 N–H and O–H groups in total. The number of hydrogen-bond acceptors (Lipinski definition) is 5. The number of rotatable bonds is 10. The molecule has 158 valence electrons. The van der Waals surface area contributed by atoms with Crippen LogP contribution in [0.4, 0.5) is 5.69 Å². The summed E-state index contributed by atoms with van der Waals surface area (Å²) in [7, 11) is 0. The molecule has 1 aliphatic heterocycles. The van der Waals surface area contributed by atoms with Crippen LogP contribution in [0, 0.1) is 0 Å². The minimum Gasteiger partial charge on any atom is -0.324 e. The van der Waals surface area contributed by atoms with Crippen molar-refractivity contribution in [2.24, 2.45) is 5.84 Å². The van der Waals surface area contributed by atoms with Crippen LogP contribution in [0.25, 0.3) is 5.70 Å². The predicted molar refractivity (Wildman–Crippen MR) is 130 cm³/mol. The summed E-state index contributed by atoms with van der Waals surface area (Å²) in [6, 6.07) is 19.1. The monoisotopic (exact) mass is 412 g/mol. The second kappa shape index (κ2) is 13.3. The van der Waals surface area contributed by atoms with E-state index < -0.39 is 0 Å². The molecular weight excluding hydrogens is 376 g/mol. The smallest absolute Gasteiger partial charge is 0.0546 e. The number of benzene rings is 2. The van der Waals surface area contributed by atoms with Gasteiger partial charge in [0.2, 0.25) is 0 Å². The van der Waals surface area contributed by atoms with Gasteiger partial charge >= 0.3 is 0 Å². The molecule has 0 aliphatic carbocycles. The summed E-state index contributed by atoms with van der Waals surface area (Å²) in [6.45, 7) is 12.6. The van der Waals surface area contributed by atoms with Crippen molar-refractivity contribution in [3.63, 3.8) is 0 Å². The van der Waals surface area contributed by atoms with E-state index in [-0.39, 0.29) is 0 Å². The first-order chi connectivity index (χ1) is 14.3. The van der Waals surface area contributed by atoms with Gasteiger partial charge in [0.05, 0.1) is 6.54 Å². The molecule has 1 heterocycles. The first-order valence-electron chi connectivity index (χ1n) is 10.7. The van der Waals surface area contributed by atoms with Crippen molar-refractivity contribution >= 4 is 23.3 Å². The summed E-state index contributed by atoms with van der Waals surface area (Å²) in [6.07, 6.45) is 3.96. The molecular formula is C24H36N4S. The van der Waals surface area contributed by atoms with Crippen LogP contribution in [-0.2, 0) is 6.54 Å². The Kier molecular flexibility index (Phi) is 10.7. The van der Waals surface area contributed by atoms with Crippen LogP contribution in [0.1, 0.15) is 44.2 Å². The standard InChI is InChI=1S/C22H30N4S.C2H6/c1-19(24-23)21-12-10-20(11-13-21)18-26(22-8-3-2-4-9-22)27-17-7-16-25-14-5-6-15-25;1-2/h2-4,8-13,24H,1,5-7,14-18,23H2;1-2H3. The highest BCUT2D eigenvalue weighted by Crippen LogP contribution is 2.26. The van der Waals surface area contributed by atoms with Gasteiger partial charge in [-0.2, -0.15) is 0 Å². The lowest BCUT2D eigenvalue weighted by molar-refractivity contribution is 0.341. The van der Waals surface area contributed by atoms with Crippen LogP contribution in [0.5, 0.6) is 0 Å². The molecule has 29 heavy (non-hydrogen) atoms. The summed E-state index contributed by atoms with van der Waals surface area (Å²) in [4.78, 5) is 2.59. The molecule has 5 heteroatoms. The molecule has 0 unspecified atom stereocenters. The topological polar surface area (TPSA) is 44.5 Å². The van der Waals surface area contributed by atoms with Crippen molar-refractivity contribution in [2.75, 3.05) is 29.7 Å². The van der Waals surface area contributed by atoms with Crippen molar-refractivity contribution in [3.8, 4) is 0 Å². The molecule has 0 atom stereocenters. The third-order valence-corrected chi connectivity index (χ3v) is 6.03. The van der Waals surface area contributed by atoms with E-state index in [0.717, 1.165) is 23.6 Å². The molecule has 0 amide bonds. The minimum absolute atomic E-state index is 0.734. The predicted octanol–water partition coefficient (Wildman–Crippen LogP) is 5.29. The fourth-order valence-electron chi connectivity index (χ4n) is 3.34.